The number of rotatable bonds is 3. The van der Waals surface area contributed by atoms with E-state index in [0.29, 0.717) is 0 Å². The van der Waals surface area contributed by atoms with E-state index < -0.39 is 0 Å². The maximum Gasteiger partial charge on any atom is 0.0364 e. The topological polar surface area (TPSA) is 38.4 Å². The third-order valence-corrected chi connectivity index (χ3v) is 1.21. The molecule has 0 aliphatic heterocycles. The highest BCUT2D eigenvalue weighted by molar-refractivity contribution is 5.93. The van der Waals surface area contributed by atoms with Crippen molar-refractivity contribution in [3.8, 4) is 0 Å². The average molecular weight is 140 g/mol. The van der Waals surface area contributed by atoms with Crippen molar-refractivity contribution >= 4 is 5.71 Å². The van der Waals surface area contributed by atoms with E-state index in [1.165, 1.54) is 0 Å². The molecule has 2 heteroatoms. The van der Waals surface area contributed by atoms with Crippen molar-refractivity contribution in [3.63, 3.8) is 0 Å². The van der Waals surface area contributed by atoms with E-state index in [1.54, 1.807) is 0 Å². The number of allylic oxidation sites excluding steroid dienone is 2. The van der Waals surface area contributed by atoms with E-state index in [1.807, 2.05) is 26.8 Å². The zero-order valence-corrected chi connectivity index (χ0v) is 7.02. The summed E-state index contributed by atoms with van der Waals surface area (Å²) < 4.78 is 0. The molecule has 0 aromatic heterocycles. The van der Waals surface area contributed by atoms with Gasteiger partial charge < -0.3 is 5.73 Å². The van der Waals surface area contributed by atoms with E-state index >= 15 is 0 Å². The Morgan fingerprint density at radius 1 is 1.50 bits per heavy atom. The van der Waals surface area contributed by atoms with Gasteiger partial charge in [0.05, 0.1) is 0 Å². The number of hydrogen-bond acceptors (Lipinski definition) is 2. The summed E-state index contributed by atoms with van der Waals surface area (Å²) in [4.78, 5) is 4.17. The Morgan fingerprint density at radius 3 is 2.50 bits per heavy atom. The molecule has 0 radical (unpaired) electrons. The molecule has 0 spiro atoms. The van der Waals surface area contributed by atoms with E-state index in [4.69, 9.17) is 5.73 Å². The third kappa shape index (κ3) is 4.13. The molecule has 0 atom stereocenters. The van der Waals surface area contributed by atoms with Crippen LogP contribution in [0.4, 0.5) is 0 Å². The van der Waals surface area contributed by atoms with Gasteiger partial charge >= 0.3 is 0 Å². The lowest BCUT2D eigenvalue weighted by Crippen LogP contribution is -1.98. The Bertz CT molecular complexity index is 145. The molecule has 0 aliphatic carbocycles. The molecule has 58 valence electrons. The van der Waals surface area contributed by atoms with Crippen LogP contribution < -0.4 is 5.73 Å². The summed E-state index contributed by atoms with van der Waals surface area (Å²) in [7, 11) is 0. The Hall–Kier alpha value is -0.790. The summed E-state index contributed by atoms with van der Waals surface area (Å²) in [5.41, 5.74) is 7.50. The molecule has 10 heavy (non-hydrogen) atoms. The van der Waals surface area contributed by atoms with Crippen LogP contribution >= 0.6 is 0 Å². The lowest BCUT2D eigenvalue weighted by molar-refractivity contribution is 1.07. The molecular weight excluding hydrogens is 124 g/mol. The van der Waals surface area contributed by atoms with E-state index in [2.05, 4.69) is 4.99 Å². The third-order valence-electron chi connectivity index (χ3n) is 1.21. The van der Waals surface area contributed by atoms with Gasteiger partial charge in [-0.05, 0) is 26.3 Å². The fourth-order valence-electron chi connectivity index (χ4n) is 0.665. The highest BCUT2D eigenvalue weighted by Crippen LogP contribution is 1.91. The smallest absolute Gasteiger partial charge is 0.0364 e. The van der Waals surface area contributed by atoms with Crippen molar-refractivity contribution in [2.24, 2.45) is 10.7 Å². The summed E-state index contributed by atoms with van der Waals surface area (Å²) >= 11 is 0. The SMILES string of the molecule is CC/N=C(C)\C=C(\N)CC. The van der Waals surface area contributed by atoms with Crippen LogP contribution in [0.15, 0.2) is 16.8 Å². The van der Waals surface area contributed by atoms with Gasteiger partial charge in [-0.2, -0.15) is 0 Å². The first-order valence-electron chi connectivity index (χ1n) is 3.67. The number of hydrogen-bond donors (Lipinski definition) is 1. The van der Waals surface area contributed by atoms with Gasteiger partial charge in [-0.15, -0.1) is 0 Å². The van der Waals surface area contributed by atoms with Crippen LogP contribution in [0, 0.1) is 0 Å². The minimum absolute atomic E-state index is 0.833. The molecule has 0 aliphatic rings. The Kier molecular flexibility index (Phi) is 4.63. The first-order valence-corrected chi connectivity index (χ1v) is 3.67. The predicted octanol–water partition coefficient (Wildman–Crippen LogP) is 1.72. The minimum atomic E-state index is 0.833. The fourth-order valence-corrected chi connectivity index (χ4v) is 0.665. The van der Waals surface area contributed by atoms with Gasteiger partial charge in [-0.25, -0.2) is 0 Å². The highest BCUT2D eigenvalue weighted by atomic mass is 14.7. The van der Waals surface area contributed by atoms with Crippen LogP contribution in [0.5, 0.6) is 0 Å². The van der Waals surface area contributed by atoms with Crippen LogP contribution in [-0.2, 0) is 0 Å². The van der Waals surface area contributed by atoms with Crippen LogP contribution in [0.2, 0.25) is 0 Å². The van der Waals surface area contributed by atoms with Crippen molar-refractivity contribution in [1.82, 2.24) is 0 Å². The van der Waals surface area contributed by atoms with Crippen LogP contribution in [0.1, 0.15) is 27.2 Å². The van der Waals surface area contributed by atoms with Crippen molar-refractivity contribution in [3.05, 3.63) is 11.8 Å². The van der Waals surface area contributed by atoms with Gasteiger partial charge in [-0.3, -0.25) is 4.99 Å². The Morgan fingerprint density at radius 2 is 2.10 bits per heavy atom. The maximum absolute atomic E-state index is 5.58. The maximum atomic E-state index is 5.58. The molecule has 0 aromatic rings. The lowest BCUT2D eigenvalue weighted by atomic mass is 10.3. The first-order chi connectivity index (χ1) is 4.70. The molecule has 0 amide bonds. The minimum Gasteiger partial charge on any atom is -0.402 e. The molecule has 0 aromatic carbocycles. The molecule has 0 fully saturated rings. The molecule has 0 rings (SSSR count). The molecule has 0 unspecified atom stereocenters. The Balaban J connectivity index is 3.98. The van der Waals surface area contributed by atoms with Crippen LogP contribution in [-0.4, -0.2) is 12.3 Å². The number of aliphatic imine (C=N–C) groups is 1. The fraction of sp³-hybridized carbons (Fsp3) is 0.625. The molecule has 0 heterocycles. The van der Waals surface area contributed by atoms with Crippen molar-refractivity contribution in [1.29, 1.82) is 0 Å². The zero-order chi connectivity index (χ0) is 7.98. The molecule has 0 saturated heterocycles. The van der Waals surface area contributed by atoms with Gasteiger partial charge in [0.2, 0.25) is 0 Å². The van der Waals surface area contributed by atoms with Gasteiger partial charge in [0.25, 0.3) is 0 Å². The lowest BCUT2D eigenvalue weighted by Gasteiger charge is -1.94. The number of nitrogens with zero attached hydrogens (tertiary/aromatic N) is 1. The largest absolute Gasteiger partial charge is 0.402 e. The summed E-state index contributed by atoms with van der Waals surface area (Å²) in [5, 5.41) is 0. The standard InChI is InChI=1S/C8H16N2/c1-4-8(9)6-7(3)10-5-2/h6H,4-5,9H2,1-3H3/b8-6+,10-7-. The first kappa shape index (κ1) is 9.21. The van der Waals surface area contributed by atoms with Gasteiger partial charge in [0, 0.05) is 18.0 Å². The van der Waals surface area contributed by atoms with Crippen molar-refractivity contribution in [2.45, 2.75) is 27.2 Å². The van der Waals surface area contributed by atoms with E-state index in [9.17, 15) is 0 Å². The average Bonchev–Trinajstić information content (AvgIpc) is 1.88. The van der Waals surface area contributed by atoms with Gasteiger partial charge in [0.1, 0.15) is 0 Å². The number of nitrogens with two attached hydrogens (primary N) is 1. The second kappa shape index (κ2) is 5.03. The summed E-state index contributed by atoms with van der Waals surface area (Å²) in [5.74, 6) is 0. The van der Waals surface area contributed by atoms with Crippen molar-refractivity contribution in [2.75, 3.05) is 6.54 Å². The molecular formula is C8H16N2. The summed E-state index contributed by atoms with van der Waals surface area (Å²) in [6, 6.07) is 0. The highest BCUT2D eigenvalue weighted by Gasteiger charge is 1.85. The molecule has 0 bridgehead atoms. The molecule has 0 saturated carbocycles. The Labute approximate surface area is 62.8 Å². The van der Waals surface area contributed by atoms with Crippen LogP contribution in [0.25, 0.3) is 0 Å². The van der Waals surface area contributed by atoms with E-state index in [0.717, 1.165) is 24.4 Å². The van der Waals surface area contributed by atoms with Crippen LogP contribution in [0.3, 0.4) is 0 Å². The molecule has 2 nitrogen and oxygen atoms in total. The predicted molar refractivity (Wildman–Crippen MR) is 46.2 cm³/mol. The summed E-state index contributed by atoms with van der Waals surface area (Å²) in [6.07, 6.45) is 2.82. The second-order valence-corrected chi connectivity index (χ2v) is 2.19. The van der Waals surface area contributed by atoms with Crippen molar-refractivity contribution < 1.29 is 0 Å². The quantitative estimate of drug-likeness (QED) is 0.595. The monoisotopic (exact) mass is 140 g/mol. The zero-order valence-electron chi connectivity index (χ0n) is 7.02. The molecule has 2 N–H and O–H groups in total. The van der Waals surface area contributed by atoms with E-state index in [-0.39, 0.29) is 0 Å². The second-order valence-electron chi connectivity index (χ2n) is 2.19. The normalized spacial score (nSPS) is 13.9. The summed E-state index contributed by atoms with van der Waals surface area (Å²) in [6.45, 7) is 6.84. The van der Waals surface area contributed by atoms with Gasteiger partial charge in [-0.1, -0.05) is 6.92 Å². The van der Waals surface area contributed by atoms with Gasteiger partial charge in [0.15, 0.2) is 0 Å².